The molecule has 35 heavy (non-hydrogen) atoms. The standard InChI is InChI=1S/C29H38N2O2.2ClH/c1-3-24(17-21-7-5-4-6-8-21)27-18-28(27)31-20-23-11-15-26(16-12-23)30-19-22-9-13-25(14-10-22)29(32)33-2;;/h4-10,13-14,17,23,26-28,30-31H,3,11-12,15-16,18-20H2,1-2H3;2*1H. The van der Waals surface area contributed by atoms with Crippen molar-refractivity contribution in [3.63, 3.8) is 0 Å². The Kier molecular flexibility index (Phi) is 12.3. The topological polar surface area (TPSA) is 50.4 Å². The van der Waals surface area contributed by atoms with Crippen molar-refractivity contribution in [2.75, 3.05) is 13.7 Å². The molecule has 2 fully saturated rings. The van der Waals surface area contributed by atoms with Crippen molar-refractivity contribution in [3.05, 3.63) is 76.9 Å². The van der Waals surface area contributed by atoms with E-state index in [-0.39, 0.29) is 30.8 Å². The molecule has 2 unspecified atom stereocenters. The van der Waals surface area contributed by atoms with Crippen molar-refractivity contribution in [2.24, 2.45) is 11.8 Å². The van der Waals surface area contributed by atoms with Crippen LogP contribution in [0.1, 0.15) is 66.9 Å². The maximum atomic E-state index is 11.6. The van der Waals surface area contributed by atoms with Crippen LogP contribution in [0, 0.1) is 11.8 Å². The van der Waals surface area contributed by atoms with Gasteiger partial charge in [0.25, 0.3) is 0 Å². The number of nitrogens with one attached hydrogen (secondary N) is 2. The van der Waals surface area contributed by atoms with E-state index in [2.05, 4.69) is 54.0 Å². The zero-order valence-corrected chi connectivity index (χ0v) is 22.5. The molecule has 2 atom stereocenters. The second kappa shape index (κ2) is 14.6. The lowest BCUT2D eigenvalue weighted by molar-refractivity contribution is 0.0600. The van der Waals surface area contributed by atoms with Crippen molar-refractivity contribution >= 4 is 36.9 Å². The van der Waals surface area contributed by atoms with Crippen LogP contribution in [0.2, 0.25) is 0 Å². The first-order valence-electron chi connectivity index (χ1n) is 12.6. The molecule has 0 spiro atoms. The highest BCUT2D eigenvalue weighted by molar-refractivity contribution is 5.89. The Labute approximate surface area is 223 Å². The normalized spacial score (nSPS) is 23.5. The van der Waals surface area contributed by atoms with Crippen LogP contribution in [0.4, 0.5) is 0 Å². The van der Waals surface area contributed by atoms with Crippen molar-refractivity contribution in [1.82, 2.24) is 10.6 Å². The molecule has 2 aliphatic carbocycles. The number of ether oxygens (including phenoxy) is 1. The van der Waals surface area contributed by atoms with Gasteiger partial charge in [0.15, 0.2) is 0 Å². The van der Waals surface area contributed by atoms with Crippen LogP contribution >= 0.6 is 24.8 Å². The fraction of sp³-hybridized carbons (Fsp3) is 0.483. The monoisotopic (exact) mass is 518 g/mol. The summed E-state index contributed by atoms with van der Waals surface area (Å²) in [5.74, 6) is 1.24. The van der Waals surface area contributed by atoms with E-state index in [0.29, 0.717) is 17.6 Å². The highest BCUT2D eigenvalue weighted by atomic mass is 35.5. The molecule has 0 bridgehead atoms. The van der Waals surface area contributed by atoms with Gasteiger partial charge >= 0.3 is 5.97 Å². The molecule has 4 rings (SSSR count). The van der Waals surface area contributed by atoms with Gasteiger partial charge in [-0.05, 0) is 80.2 Å². The summed E-state index contributed by atoms with van der Waals surface area (Å²) in [7, 11) is 1.41. The van der Waals surface area contributed by atoms with Gasteiger partial charge in [-0.2, -0.15) is 0 Å². The predicted octanol–water partition coefficient (Wildman–Crippen LogP) is 6.44. The Bertz CT molecular complexity index is 925. The van der Waals surface area contributed by atoms with Gasteiger partial charge in [-0.15, -0.1) is 24.8 Å². The molecule has 2 aromatic carbocycles. The molecule has 4 nitrogen and oxygen atoms in total. The second-order valence-corrected chi connectivity index (χ2v) is 9.63. The minimum atomic E-state index is -0.280. The van der Waals surface area contributed by atoms with Gasteiger partial charge in [0, 0.05) is 18.6 Å². The van der Waals surface area contributed by atoms with E-state index in [9.17, 15) is 4.79 Å². The van der Waals surface area contributed by atoms with Gasteiger partial charge in [-0.3, -0.25) is 0 Å². The van der Waals surface area contributed by atoms with Gasteiger partial charge in [0.05, 0.1) is 12.7 Å². The Morgan fingerprint density at radius 1 is 0.971 bits per heavy atom. The van der Waals surface area contributed by atoms with E-state index in [1.165, 1.54) is 50.3 Å². The van der Waals surface area contributed by atoms with E-state index in [1.807, 2.05) is 24.3 Å². The van der Waals surface area contributed by atoms with Crippen molar-refractivity contribution in [1.29, 1.82) is 0 Å². The average Bonchev–Trinajstić information content (AvgIpc) is 3.65. The minimum Gasteiger partial charge on any atom is -0.465 e. The molecular formula is C29H40Cl2N2O2. The number of methoxy groups -OCH3 is 1. The smallest absolute Gasteiger partial charge is 0.337 e. The van der Waals surface area contributed by atoms with Gasteiger partial charge in [-0.25, -0.2) is 4.79 Å². The number of rotatable bonds is 10. The van der Waals surface area contributed by atoms with Gasteiger partial charge in [0.2, 0.25) is 0 Å². The zero-order chi connectivity index (χ0) is 23.0. The molecule has 2 aromatic rings. The number of esters is 1. The lowest BCUT2D eigenvalue weighted by Gasteiger charge is -2.29. The van der Waals surface area contributed by atoms with Crippen molar-refractivity contribution in [3.8, 4) is 0 Å². The first-order chi connectivity index (χ1) is 16.2. The number of hydrogen-bond acceptors (Lipinski definition) is 4. The number of hydrogen-bond donors (Lipinski definition) is 2. The predicted molar refractivity (Wildman–Crippen MR) is 149 cm³/mol. The number of carbonyl (C=O) groups excluding carboxylic acids is 1. The van der Waals surface area contributed by atoms with Gasteiger partial charge < -0.3 is 15.4 Å². The Hall–Kier alpha value is -1.85. The molecule has 2 saturated carbocycles. The SMILES string of the molecule is CCC(=Cc1ccccc1)C1CC1NCC1CCC(NCc2ccc(C(=O)OC)cc2)CC1.Cl.Cl. The Morgan fingerprint density at radius 3 is 2.29 bits per heavy atom. The molecule has 2 N–H and O–H groups in total. The Balaban J connectivity index is 0.00000216. The molecule has 6 heteroatoms. The van der Waals surface area contributed by atoms with Crippen LogP contribution in [-0.2, 0) is 11.3 Å². The molecule has 0 aromatic heterocycles. The van der Waals surface area contributed by atoms with E-state index in [1.54, 1.807) is 5.57 Å². The first-order valence-corrected chi connectivity index (χ1v) is 12.6. The second-order valence-electron chi connectivity index (χ2n) is 9.63. The highest BCUT2D eigenvalue weighted by Crippen LogP contribution is 2.40. The summed E-state index contributed by atoms with van der Waals surface area (Å²) in [4.78, 5) is 11.6. The third-order valence-electron chi connectivity index (χ3n) is 7.31. The van der Waals surface area contributed by atoms with Gasteiger partial charge in [-0.1, -0.05) is 61.0 Å². The summed E-state index contributed by atoms with van der Waals surface area (Å²) in [6.45, 7) is 4.30. The first kappa shape index (κ1) is 29.4. The van der Waals surface area contributed by atoms with Gasteiger partial charge in [0.1, 0.15) is 0 Å². The molecule has 2 aliphatic rings. The molecule has 0 radical (unpaired) electrons. The summed E-state index contributed by atoms with van der Waals surface area (Å²) >= 11 is 0. The van der Waals surface area contributed by atoms with E-state index >= 15 is 0 Å². The fourth-order valence-electron chi connectivity index (χ4n) is 5.09. The zero-order valence-electron chi connectivity index (χ0n) is 20.9. The maximum absolute atomic E-state index is 11.6. The minimum absolute atomic E-state index is 0. The van der Waals surface area contributed by atoms with Crippen LogP contribution in [-0.4, -0.2) is 31.7 Å². The average molecular weight is 520 g/mol. The van der Waals surface area contributed by atoms with E-state index in [0.717, 1.165) is 31.3 Å². The molecule has 0 heterocycles. The molecule has 0 saturated heterocycles. The third-order valence-corrected chi connectivity index (χ3v) is 7.31. The highest BCUT2D eigenvalue weighted by Gasteiger charge is 2.39. The van der Waals surface area contributed by atoms with Crippen molar-refractivity contribution < 1.29 is 9.53 Å². The summed E-state index contributed by atoms with van der Waals surface area (Å²) in [6.07, 6.45) is 9.90. The van der Waals surface area contributed by atoms with Crippen LogP contribution in [0.25, 0.3) is 6.08 Å². The van der Waals surface area contributed by atoms with E-state index in [4.69, 9.17) is 4.74 Å². The lowest BCUT2D eigenvalue weighted by atomic mass is 9.86. The summed E-state index contributed by atoms with van der Waals surface area (Å²) in [6, 6.07) is 19.7. The fourth-order valence-corrected chi connectivity index (χ4v) is 5.09. The number of halogens is 2. The van der Waals surface area contributed by atoms with Crippen LogP contribution in [0.3, 0.4) is 0 Å². The van der Waals surface area contributed by atoms with Crippen molar-refractivity contribution in [2.45, 2.75) is 64.1 Å². The quantitative estimate of drug-likeness (QED) is 0.355. The lowest BCUT2D eigenvalue weighted by Crippen LogP contribution is -2.36. The Morgan fingerprint density at radius 2 is 1.66 bits per heavy atom. The number of benzene rings is 2. The van der Waals surface area contributed by atoms with E-state index < -0.39 is 0 Å². The third kappa shape index (κ3) is 8.64. The molecule has 192 valence electrons. The number of carbonyl (C=O) groups is 1. The molecule has 0 amide bonds. The largest absolute Gasteiger partial charge is 0.465 e. The summed E-state index contributed by atoms with van der Waals surface area (Å²) in [5, 5.41) is 7.58. The summed E-state index contributed by atoms with van der Waals surface area (Å²) in [5.41, 5.74) is 4.73. The maximum Gasteiger partial charge on any atom is 0.337 e. The van der Waals surface area contributed by atoms with Crippen LogP contribution in [0.15, 0.2) is 60.2 Å². The molecular weight excluding hydrogens is 479 g/mol. The van der Waals surface area contributed by atoms with Crippen LogP contribution < -0.4 is 10.6 Å². The van der Waals surface area contributed by atoms with Crippen LogP contribution in [0.5, 0.6) is 0 Å². The summed E-state index contributed by atoms with van der Waals surface area (Å²) < 4.78 is 4.76. The molecule has 0 aliphatic heterocycles.